The topological polar surface area (TPSA) is 0 Å². The van der Waals surface area contributed by atoms with Gasteiger partial charge >= 0.3 is 0 Å². The van der Waals surface area contributed by atoms with Crippen LogP contribution in [0.2, 0.25) is 0 Å². The first-order valence-corrected chi connectivity index (χ1v) is 9.04. The van der Waals surface area contributed by atoms with Gasteiger partial charge in [0.1, 0.15) is 5.82 Å². The van der Waals surface area contributed by atoms with E-state index in [2.05, 4.69) is 31.2 Å². The molecule has 1 saturated carbocycles. The monoisotopic (exact) mass is 310 g/mol. The number of benzene rings is 2. The lowest BCUT2D eigenvalue weighted by Crippen LogP contribution is -2.13. The number of hydrogen-bond donors (Lipinski definition) is 0. The molecule has 0 spiro atoms. The van der Waals surface area contributed by atoms with Crippen LogP contribution >= 0.6 is 0 Å². The van der Waals surface area contributed by atoms with Crippen molar-refractivity contribution in [1.29, 1.82) is 0 Å². The number of hydrogen-bond acceptors (Lipinski definition) is 0. The maximum absolute atomic E-state index is 13.7. The first-order chi connectivity index (χ1) is 11.2. The van der Waals surface area contributed by atoms with Crippen molar-refractivity contribution >= 4 is 0 Å². The third-order valence-electron chi connectivity index (χ3n) is 5.43. The van der Waals surface area contributed by atoms with Crippen molar-refractivity contribution < 1.29 is 4.39 Å². The average molecular weight is 310 g/mol. The lowest BCUT2D eigenvalue weighted by Gasteiger charge is -2.28. The van der Waals surface area contributed by atoms with Crippen LogP contribution in [0.1, 0.15) is 62.5 Å². The Morgan fingerprint density at radius 3 is 2.17 bits per heavy atom. The molecule has 0 aliphatic heterocycles. The molecule has 0 atom stereocenters. The average Bonchev–Trinajstić information content (AvgIpc) is 2.59. The van der Waals surface area contributed by atoms with Crippen LogP contribution in [0.15, 0.2) is 42.5 Å². The highest BCUT2D eigenvalue weighted by atomic mass is 19.1. The van der Waals surface area contributed by atoms with E-state index < -0.39 is 0 Å². The summed E-state index contributed by atoms with van der Waals surface area (Å²) in [5, 5.41) is 0. The molecule has 1 fully saturated rings. The minimum atomic E-state index is -0.124. The van der Waals surface area contributed by atoms with Gasteiger partial charge in [0.25, 0.3) is 0 Å². The van der Waals surface area contributed by atoms with Crippen molar-refractivity contribution in [2.45, 2.75) is 58.3 Å². The fraction of sp³-hybridized carbons (Fsp3) is 0.455. The summed E-state index contributed by atoms with van der Waals surface area (Å²) in [5.41, 5.74) is 4.23. The van der Waals surface area contributed by atoms with Gasteiger partial charge in [-0.2, -0.15) is 0 Å². The first-order valence-electron chi connectivity index (χ1n) is 9.04. The summed E-state index contributed by atoms with van der Waals surface area (Å²) < 4.78 is 13.7. The molecule has 2 aromatic rings. The van der Waals surface area contributed by atoms with Gasteiger partial charge in [-0.25, -0.2) is 4.39 Å². The molecule has 0 amide bonds. The smallest absolute Gasteiger partial charge is 0.126 e. The predicted octanol–water partition coefficient (Wildman–Crippen LogP) is 6.88. The lowest BCUT2D eigenvalue weighted by atomic mass is 9.77. The third-order valence-corrected chi connectivity index (χ3v) is 5.43. The maximum atomic E-state index is 13.7. The Morgan fingerprint density at radius 2 is 1.57 bits per heavy atom. The van der Waals surface area contributed by atoms with Gasteiger partial charge in [0, 0.05) is 0 Å². The van der Waals surface area contributed by atoms with E-state index in [0.717, 1.165) is 17.0 Å². The van der Waals surface area contributed by atoms with Crippen LogP contribution in [0.5, 0.6) is 0 Å². The van der Waals surface area contributed by atoms with E-state index in [1.165, 1.54) is 44.1 Å². The molecule has 0 aromatic heterocycles. The molecule has 1 aliphatic carbocycles. The quantitative estimate of drug-likeness (QED) is 0.577. The van der Waals surface area contributed by atoms with Crippen LogP contribution in [0, 0.1) is 18.7 Å². The van der Waals surface area contributed by atoms with Gasteiger partial charge < -0.3 is 0 Å². The molecule has 3 rings (SSSR count). The van der Waals surface area contributed by atoms with Crippen LogP contribution in [0.3, 0.4) is 0 Å². The minimum absolute atomic E-state index is 0.124. The molecule has 2 aromatic carbocycles. The Labute approximate surface area is 139 Å². The van der Waals surface area contributed by atoms with Crippen LogP contribution in [0.4, 0.5) is 4.39 Å². The molecule has 0 N–H and O–H groups in total. The highest BCUT2D eigenvalue weighted by Crippen LogP contribution is 2.38. The van der Waals surface area contributed by atoms with Crippen molar-refractivity contribution in [3.63, 3.8) is 0 Å². The molecule has 122 valence electrons. The summed E-state index contributed by atoms with van der Waals surface area (Å²) >= 11 is 0. The van der Waals surface area contributed by atoms with E-state index in [4.69, 9.17) is 0 Å². The Balaban J connectivity index is 1.69. The zero-order valence-corrected chi connectivity index (χ0v) is 14.3. The first kappa shape index (κ1) is 16.2. The minimum Gasteiger partial charge on any atom is -0.207 e. The summed E-state index contributed by atoms with van der Waals surface area (Å²) in [5.74, 6) is 1.54. The summed E-state index contributed by atoms with van der Waals surface area (Å²) in [7, 11) is 0. The van der Waals surface area contributed by atoms with Gasteiger partial charge in [-0.05, 0) is 72.8 Å². The molecular weight excluding hydrogens is 283 g/mol. The second kappa shape index (κ2) is 7.29. The maximum Gasteiger partial charge on any atom is 0.126 e. The highest BCUT2D eigenvalue weighted by Gasteiger charge is 2.21. The zero-order valence-electron chi connectivity index (χ0n) is 14.3. The number of halogens is 1. The van der Waals surface area contributed by atoms with Gasteiger partial charge in [0.05, 0.1) is 0 Å². The number of rotatable bonds is 4. The second-order valence-electron chi connectivity index (χ2n) is 7.09. The SMILES string of the molecule is CCCC1CCC(c2ccc(-c3ccc(C)c(F)c3)cc2)CC1. The molecular formula is C22H27F. The van der Waals surface area contributed by atoms with Gasteiger partial charge in [0.2, 0.25) is 0 Å². The summed E-state index contributed by atoms with van der Waals surface area (Å²) in [6.45, 7) is 4.09. The van der Waals surface area contributed by atoms with Crippen molar-refractivity contribution in [1.82, 2.24) is 0 Å². The molecule has 23 heavy (non-hydrogen) atoms. The lowest BCUT2D eigenvalue weighted by molar-refractivity contribution is 0.308. The van der Waals surface area contributed by atoms with Gasteiger partial charge in [-0.3, -0.25) is 0 Å². The van der Waals surface area contributed by atoms with Gasteiger partial charge in [-0.1, -0.05) is 56.2 Å². The van der Waals surface area contributed by atoms with Crippen LogP contribution in [-0.4, -0.2) is 0 Å². The van der Waals surface area contributed by atoms with E-state index in [1.54, 1.807) is 13.0 Å². The Bertz CT molecular complexity index is 634. The summed E-state index contributed by atoms with van der Waals surface area (Å²) in [4.78, 5) is 0. The molecule has 0 heterocycles. The third kappa shape index (κ3) is 3.83. The Hall–Kier alpha value is -1.63. The predicted molar refractivity (Wildman–Crippen MR) is 96.2 cm³/mol. The van der Waals surface area contributed by atoms with Crippen molar-refractivity contribution in [2.24, 2.45) is 5.92 Å². The Morgan fingerprint density at radius 1 is 0.913 bits per heavy atom. The zero-order chi connectivity index (χ0) is 16.2. The van der Waals surface area contributed by atoms with Crippen LogP contribution in [-0.2, 0) is 0 Å². The Kier molecular flexibility index (Phi) is 5.15. The van der Waals surface area contributed by atoms with Crippen LogP contribution < -0.4 is 0 Å². The fourth-order valence-corrected chi connectivity index (χ4v) is 3.91. The van der Waals surface area contributed by atoms with E-state index in [1.807, 2.05) is 12.1 Å². The van der Waals surface area contributed by atoms with Crippen molar-refractivity contribution in [3.05, 3.63) is 59.4 Å². The highest BCUT2D eigenvalue weighted by molar-refractivity contribution is 5.64. The standard InChI is InChI=1S/C22H27F/c1-3-4-17-6-9-18(10-7-17)19-11-13-20(14-12-19)21-8-5-16(2)22(23)15-21/h5,8,11-15,17-18H,3-4,6-7,9-10H2,1-2H3. The van der Waals surface area contributed by atoms with Crippen molar-refractivity contribution in [3.8, 4) is 11.1 Å². The van der Waals surface area contributed by atoms with E-state index in [-0.39, 0.29) is 5.82 Å². The van der Waals surface area contributed by atoms with E-state index in [0.29, 0.717) is 11.5 Å². The molecule has 0 nitrogen and oxygen atoms in total. The summed E-state index contributed by atoms with van der Waals surface area (Å²) in [6, 6.07) is 14.3. The molecule has 1 heteroatoms. The van der Waals surface area contributed by atoms with E-state index in [9.17, 15) is 4.39 Å². The largest absolute Gasteiger partial charge is 0.207 e. The molecule has 0 bridgehead atoms. The summed E-state index contributed by atoms with van der Waals surface area (Å²) in [6.07, 6.45) is 8.11. The van der Waals surface area contributed by atoms with Crippen LogP contribution in [0.25, 0.3) is 11.1 Å². The fourth-order valence-electron chi connectivity index (χ4n) is 3.91. The van der Waals surface area contributed by atoms with Gasteiger partial charge in [0.15, 0.2) is 0 Å². The normalized spacial score (nSPS) is 21.3. The van der Waals surface area contributed by atoms with Gasteiger partial charge in [-0.15, -0.1) is 0 Å². The molecule has 1 aliphatic rings. The molecule has 0 saturated heterocycles. The second-order valence-corrected chi connectivity index (χ2v) is 7.09. The molecule has 0 radical (unpaired) electrons. The number of aryl methyl sites for hydroxylation is 1. The van der Waals surface area contributed by atoms with Crippen molar-refractivity contribution in [2.75, 3.05) is 0 Å². The molecule has 0 unspecified atom stereocenters. The van der Waals surface area contributed by atoms with E-state index >= 15 is 0 Å².